The van der Waals surface area contributed by atoms with Crippen molar-refractivity contribution in [3.8, 4) is 11.1 Å². The van der Waals surface area contributed by atoms with E-state index in [0.717, 1.165) is 27.2 Å². The van der Waals surface area contributed by atoms with Gasteiger partial charge in [0.25, 0.3) is 0 Å². The molecule has 1 aliphatic carbocycles. The molecule has 1 atom stereocenters. The number of fused-ring (bicyclic) bond motifs is 3. The second kappa shape index (κ2) is 8.45. The van der Waals surface area contributed by atoms with Crippen molar-refractivity contribution in [3.63, 3.8) is 0 Å². The number of carboxylic acid groups (broad SMARTS) is 1. The molecule has 2 aromatic carbocycles. The van der Waals surface area contributed by atoms with Gasteiger partial charge in [-0.15, -0.1) is 0 Å². The average Bonchev–Trinajstić information content (AvgIpc) is 3.03. The molecular formula is C20H20N4O4. The van der Waals surface area contributed by atoms with Gasteiger partial charge in [0.05, 0.1) is 6.54 Å². The third-order valence-electron chi connectivity index (χ3n) is 4.89. The Hall–Kier alpha value is -3.51. The lowest BCUT2D eigenvalue weighted by Crippen LogP contribution is -2.47. The van der Waals surface area contributed by atoms with Gasteiger partial charge in [-0.25, -0.2) is 9.59 Å². The summed E-state index contributed by atoms with van der Waals surface area (Å²) < 4.78 is 5.49. The molecule has 1 unspecified atom stereocenters. The van der Waals surface area contributed by atoms with Gasteiger partial charge in [-0.1, -0.05) is 53.6 Å². The van der Waals surface area contributed by atoms with Crippen LogP contribution in [0.2, 0.25) is 0 Å². The van der Waals surface area contributed by atoms with Crippen molar-refractivity contribution in [1.29, 1.82) is 0 Å². The fourth-order valence-electron chi connectivity index (χ4n) is 3.58. The second-order valence-corrected chi connectivity index (χ2v) is 6.36. The molecule has 0 saturated carbocycles. The normalized spacial score (nSPS) is 13.0. The molecule has 1 aliphatic rings. The number of hydrogen-bond acceptors (Lipinski definition) is 4. The van der Waals surface area contributed by atoms with Crippen molar-refractivity contribution in [2.75, 3.05) is 19.7 Å². The Labute approximate surface area is 162 Å². The zero-order valence-corrected chi connectivity index (χ0v) is 15.4. The Morgan fingerprint density at radius 1 is 1.18 bits per heavy atom. The molecule has 8 nitrogen and oxygen atoms in total. The van der Waals surface area contributed by atoms with Gasteiger partial charge in [0, 0.05) is 17.4 Å². The van der Waals surface area contributed by atoms with Crippen LogP contribution in [-0.4, -0.2) is 47.8 Å². The number of nitrogens with zero attached hydrogens (tertiary/aromatic N) is 4. The fraction of sp³-hybridized carbons (Fsp3) is 0.300. The molecular weight excluding hydrogens is 360 g/mol. The summed E-state index contributed by atoms with van der Waals surface area (Å²) in [7, 11) is 0. The molecule has 0 radical (unpaired) electrons. The maximum Gasteiger partial charge on any atom is 0.410 e. The topological polar surface area (TPSA) is 116 Å². The Balaban J connectivity index is 1.78. The third kappa shape index (κ3) is 3.63. The minimum Gasteiger partial charge on any atom is -0.480 e. The number of ether oxygens (including phenoxy) is 1. The SMILES string of the molecule is CCN(C(=O)OCC1c2ccccc2-c2ccccc21)C(CN=[N+]=[N-])C(=O)O. The molecule has 0 bridgehead atoms. The van der Waals surface area contributed by atoms with Crippen molar-refractivity contribution in [2.24, 2.45) is 5.11 Å². The summed E-state index contributed by atoms with van der Waals surface area (Å²) in [5.74, 6) is -1.36. The molecule has 2 aromatic rings. The molecule has 144 valence electrons. The van der Waals surface area contributed by atoms with Crippen molar-refractivity contribution >= 4 is 12.1 Å². The lowest BCUT2D eigenvalue weighted by molar-refractivity contribution is -0.142. The number of amides is 1. The number of hydrogen-bond donors (Lipinski definition) is 1. The zero-order valence-electron chi connectivity index (χ0n) is 15.4. The molecule has 0 saturated heterocycles. The molecule has 0 aliphatic heterocycles. The van der Waals surface area contributed by atoms with Crippen molar-refractivity contribution in [3.05, 3.63) is 70.1 Å². The maximum atomic E-state index is 12.6. The van der Waals surface area contributed by atoms with E-state index < -0.39 is 18.1 Å². The predicted molar refractivity (Wildman–Crippen MR) is 103 cm³/mol. The van der Waals surface area contributed by atoms with Gasteiger partial charge in [0.2, 0.25) is 0 Å². The Morgan fingerprint density at radius 2 is 1.75 bits per heavy atom. The number of likely N-dealkylation sites (N-methyl/N-ethyl adjacent to an activating group) is 1. The molecule has 0 spiro atoms. The molecule has 8 heteroatoms. The summed E-state index contributed by atoms with van der Waals surface area (Å²) in [5, 5.41) is 12.6. The highest BCUT2D eigenvalue weighted by Crippen LogP contribution is 2.44. The number of carbonyl (C=O) groups excluding carboxylic acids is 1. The first kappa shape index (κ1) is 19.3. The quantitative estimate of drug-likeness (QED) is 0.443. The van der Waals surface area contributed by atoms with E-state index in [4.69, 9.17) is 10.3 Å². The highest BCUT2D eigenvalue weighted by atomic mass is 16.6. The van der Waals surface area contributed by atoms with Gasteiger partial charge in [0.1, 0.15) is 12.6 Å². The van der Waals surface area contributed by atoms with Crippen LogP contribution in [0.25, 0.3) is 21.6 Å². The van der Waals surface area contributed by atoms with E-state index in [1.54, 1.807) is 6.92 Å². The lowest BCUT2D eigenvalue weighted by atomic mass is 9.98. The van der Waals surface area contributed by atoms with Crippen LogP contribution in [0.15, 0.2) is 53.6 Å². The molecule has 3 rings (SSSR count). The number of carboxylic acids is 1. The molecule has 0 heterocycles. The third-order valence-corrected chi connectivity index (χ3v) is 4.89. The summed E-state index contributed by atoms with van der Waals surface area (Å²) in [6.07, 6.45) is -0.745. The van der Waals surface area contributed by atoms with Gasteiger partial charge in [-0.2, -0.15) is 0 Å². The largest absolute Gasteiger partial charge is 0.480 e. The van der Waals surface area contributed by atoms with E-state index in [2.05, 4.69) is 10.0 Å². The smallest absolute Gasteiger partial charge is 0.410 e. The van der Waals surface area contributed by atoms with Crippen molar-refractivity contribution in [2.45, 2.75) is 18.9 Å². The lowest BCUT2D eigenvalue weighted by Gasteiger charge is -2.26. The van der Waals surface area contributed by atoms with Crippen LogP contribution in [0.1, 0.15) is 24.0 Å². The molecule has 1 amide bonds. The molecule has 0 fully saturated rings. The van der Waals surface area contributed by atoms with Gasteiger partial charge in [-0.3, -0.25) is 4.90 Å². The summed E-state index contributed by atoms with van der Waals surface area (Å²) in [6.45, 7) is 1.50. The standard InChI is InChI=1S/C20H20N4O4/c1-2-24(18(19(25)26)11-22-23-21)20(27)28-12-17-15-9-5-3-7-13(15)14-8-4-6-10-16(14)17/h3-10,17-18H,2,11-12H2,1H3,(H,25,26). The van der Waals surface area contributed by atoms with Crippen LogP contribution < -0.4 is 0 Å². The average molecular weight is 380 g/mol. The summed E-state index contributed by atoms with van der Waals surface area (Å²) in [4.78, 5) is 27.7. The Bertz CT molecular complexity index is 894. The number of aliphatic carboxylic acids is 1. The van der Waals surface area contributed by atoms with Crippen LogP contribution in [0.4, 0.5) is 4.79 Å². The van der Waals surface area contributed by atoms with E-state index in [9.17, 15) is 14.7 Å². The first-order valence-electron chi connectivity index (χ1n) is 8.93. The first-order chi connectivity index (χ1) is 13.6. The Morgan fingerprint density at radius 3 is 2.25 bits per heavy atom. The maximum absolute atomic E-state index is 12.6. The van der Waals surface area contributed by atoms with Gasteiger partial charge in [0.15, 0.2) is 0 Å². The van der Waals surface area contributed by atoms with Gasteiger partial charge >= 0.3 is 12.1 Å². The number of azide groups is 1. The minimum absolute atomic E-state index is 0.0945. The van der Waals surface area contributed by atoms with Gasteiger partial charge in [-0.05, 0) is 34.7 Å². The number of benzene rings is 2. The second-order valence-electron chi connectivity index (χ2n) is 6.36. The minimum atomic E-state index is -1.27. The molecule has 28 heavy (non-hydrogen) atoms. The van der Waals surface area contributed by atoms with Crippen molar-refractivity contribution < 1.29 is 19.4 Å². The van der Waals surface area contributed by atoms with Crippen LogP contribution in [-0.2, 0) is 9.53 Å². The van der Waals surface area contributed by atoms with Crippen LogP contribution in [0.5, 0.6) is 0 Å². The van der Waals surface area contributed by atoms with Crippen molar-refractivity contribution in [1.82, 2.24) is 4.90 Å². The number of carbonyl (C=O) groups is 2. The fourth-order valence-corrected chi connectivity index (χ4v) is 3.58. The Kier molecular flexibility index (Phi) is 5.81. The van der Waals surface area contributed by atoms with Crippen LogP contribution in [0.3, 0.4) is 0 Å². The summed E-state index contributed by atoms with van der Waals surface area (Å²) >= 11 is 0. The van der Waals surface area contributed by atoms with Crippen LogP contribution >= 0.6 is 0 Å². The van der Waals surface area contributed by atoms with Gasteiger partial charge < -0.3 is 9.84 Å². The van der Waals surface area contributed by atoms with E-state index in [-0.39, 0.29) is 25.6 Å². The molecule has 1 N–H and O–H groups in total. The number of rotatable bonds is 7. The zero-order chi connectivity index (χ0) is 20.1. The monoisotopic (exact) mass is 380 g/mol. The highest BCUT2D eigenvalue weighted by molar-refractivity contribution is 5.81. The molecule has 0 aromatic heterocycles. The van der Waals surface area contributed by atoms with E-state index in [0.29, 0.717) is 0 Å². The van der Waals surface area contributed by atoms with E-state index >= 15 is 0 Å². The summed E-state index contributed by atoms with van der Waals surface area (Å²) in [5.41, 5.74) is 12.8. The predicted octanol–water partition coefficient (Wildman–Crippen LogP) is 4.02. The van der Waals surface area contributed by atoms with E-state index in [1.807, 2.05) is 48.5 Å². The summed E-state index contributed by atoms with van der Waals surface area (Å²) in [6, 6.07) is 14.6. The first-order valence-corrected chi connectivity index (χ1v) is 8.93. The van der Waals surface area contributed by atoms with E-state index in [1.165, 1.54) is 0 Å². The highest BCUT2D eigenvalue weighted by Gasteiger charge is 2.32. The van der Waals surface area contributed by atoms with Crippen LogP contribution in [0, 0.1) is 0 Å².